The van der Waals surface area contributed by atoms with Crippen molar-refractivity contribution in [3.63, 3.8) is 0 Å². The molecule has 8 aliphatic carbocycles. The minimum absolute atomic E-state index is 0.0971. The summed E-state index contributed by atoms with van der Waals surface area (Å²) in [5.74, 6) is 5.77. The lowest BCUT2D eigenvalue weighted by Gasteiger charge is -2.67. The molecule has 0 radical (unpaired) electrons. The van der Waals surface area contributed by atoms with Crippen LogP contribution in [0.15, 0.2) is 66.7 Å². The van der Waals surface area contributed by atoms with Crippen LogP contribution in [0.5, 0.6) is 0 Å². The van der Waals surface area contributed by atoms with Gasteiger partial charge in [0.05, 0.1) is 21.8 Å². The van der Waals surface area contributed by atoms with E-state index < -0.39 is 11.0 Å². The van der Waals surface area contributed by atoms with Gasteiger partial charge in [0.25, 0.3) is 0 Å². The van der Waals surface area contributed by atoms with Crippen LogP contribution in [0.2, 0.25) is 0 Å². The molecule has 8 aliphatic rings. The van der Waals surface area contributed by atoms with E-state index in [1.807, 2.05) is 0 Å². The molecular weight excluding hydrogens is 585 g/mol. The van der Waals surface area contributed by atoms with Crippen molar-refractivity contribution in [2.45, 2.75) is 119 Å². The highest BCUT2D eigenvalue weighted by Gasteiger charge is 2.63. The second-order valence-corrected chi connectivity index (χ2v) is 22.7. The van der Waals surface area contributed by atoms with Gasteiger partial charge in [0, 0.05) is 0 Å². The van der Waals surface area contributed by atoms with E-state index in [0.717, 1.165) is 35.5 Å². The summed E-state index contributed by atoms with van der Waals surface area (Å²) < 4.78 is 17.5. The Bertz CT molecular complexity index is 1520. The molecule has 2 atom stereocenters. The molecule has 45 heavy (non-hydrogen) atoms. The molecule has 2 nitrogen and oxygen atoms in total. The Morgan fingerprint density at radius 3 is 1.62 bits per heavy atom. The van der Waals surface area contributed by atoms with Crippen molar-refractivity contribution >= 4 is 35.0 Å². The Kier molecular flexibility index (Phi) is 7.06. The zero-order valence-corrected chi connectivity index (χ0v) is 29.4. The molecule has 1 N–H and O–H groups in total. The van der Waals surface area contributed by atoms with Gasteiger partial charge in [0.1, 0.15) is 0 Å². The van der Waals surface area contributed by atoms with Gasteiger partial charge < -0.3 is 0 Å². The summed E-state index contributed by atoms with van der Waals surface area (Å²) in [6, 6.07) is 25.2. The van der Waals surface area contributed by atoms with Crippen molar-refractivity contribution in [2.75, 3.05) is 0 Å². The van der Waals surface area contributed by atoms with Crippen LogP contribution in [0, 0.1) is 35.5 Å². The maximum atomic E-state index is 14.1. The SMILES string of the molecule is CC(C)(C)[S@@](=O)N[C@H](c1ccccc1P(C12CC3CC(CC(C3)C1)C2)C12CC3CC(CC(C3)C1)C2)c1cccc2ccccc12. The van der Waals surface area contributed by atoms with Gasteiger partial charge in [-0.25, -0.2) is 8.93 Å². The summed E-state index contributed by atoms with van der Waals surface area (Å²) in [4.78, 5) is 0. The van der Waals surface area contributed by atoms with Crippen LogP contribution >= 0.6 is 7.92 Å². The maximum absolute atomic E-state index is 14.1. The summed E-state index contributed by atoms with van der Waals surface area (Å²) in [6.45, 7) is 6.33. The molecule has 0 amide bonds. The van der Waals surface area contributed by atoms with Crippen molar-refractivity contribution < 1.29 is 4.21 Å². The highest BCUT2D eigenvalue weighted by Crippen LogP contribution is 2.78. The molecule has 0 saturated heterocycles. The van der Waals surface area contributed by atoms with E-state index in [-0.39, 0.29) is 18.7 Å². The molecule has 8 bridgehead atoms. The maximum Gasteiger partial charge on any atom is 0.0979 e. The van der Waals surface area contributed by atoms with Crippen LogP contribution in [0.3, 0.4) is 0 Å². The van der Waals surface area contributed by atoms with Gasteiger partial charge in [-0.15, -0.1) is 0 Å². The smallest absolute Gasteiger partial charge is 0.0979 e. The summed E-state index contributed by atoms with van der Waals surface area (Å²) in [6.07, 6.45) is 18.0. The van der Waals surface area contributed by atoms with Crippen LogP contribution in [0.1, 0.15) is 115 Å². The molecule has 3 aromatic carbocycles. The van der Waals surface area contributed by atoms with Crippen LogP contribution in [-0.4, -0.2) is 19.3 Å². The summed E-state index contributed by atoms with van der Waals surface area (Å²) in [5.41, 5.74) is 2.72. The first-order valence-corrected chi connectivity index (χ1v) is 20.7. The number of rotatable bonds is 7. The molecule has 3 aromatic rings. The Morgan fingerprint density at radius 1 is 0.644 bits per heavy atom. The second kappa shape index (κ2) is 10.7. The van der Waals surface area contributed by atoms with Crippen molar-refractivity contribution in [2.24, 2.45) is 35.5 Å². The fourth-order valence-corrected chi connectivity index (χ4v) is 18.9. The van der Waals surface area contributed by atoms with Crippen LogP contribution in [0.25, 0.3) is 10.8 Å². The predicted molar refractivity (Wildman–Crippen MR) is 192 cm³/mol. The van der Waals surface area contributed by atoms with Gasteiger partial charge in [-0.1, -0.05) is 74.7 Å². The van der Waals surface area contributed by atoms with E-state index in [9.17, 15) is 4.21 Å². The standard InChI is InChI=1S/C41H52NOPS/c1-39(2,3)45(43)42-38(35-13-8-10-33-9-4-5-11-34(33)35)36-12-6-7-14-37(36)44(40-21-27-15-28(22-40)17-29(16-27)23-40)41-24-30-18-31(25-41)20-32(19-30)26-41/h4-14,27-32,38,42H,15-26H2,1-3H3/t27?,28?,29?,30?,31?,32?,38-,40?,41?,44?,45+/m0/s1. The Balaban J connectivity index is 1.25. The fourth-order valence-electron chi connectivity index (χ4n) is 12.7. The molecule has 0 aromatic heterocycles. The fraction of sp³-hybridized carbons (Fsp3) is 0.610. The Morgan fingerprint density at radius 2 is 1.09 bits per heavy atom. The van der Waals surface area contributed by atoms with E-state index in [1.165, 1.54) is 98.9 Å². The van der Waals surface area contributed by atoms with Gasteiger partial charge >= 0.3 is 0 Å². The van der Waals surface area contributed by atoms with E-state index in [0.29, 0.717) is 10.3 Å². The average Bonchev–Trinajstić information content (AvgIpc) is 2.98. The molecule has 8 saturated carbocycles. The summed E-state index contributed by atoms with van der Waals surface area (Å²) >= 11 is 0. The average molecular weight is 638 g/mol. The van der Waals surface area contributed by atoms with Crippen molar-refractivity contribution in [3.05, 3.63) is 77.9 Å². The zero-order chi connectivity index (χ0) is 30.6. The first kappa shape index (κ1) is 29.6. The lowest BCUT2D eigenvalue weighted by atomic mass is 9.55. The second-order valence-electron chi connectivity index (χ2n) is 17.7. The van der Waals surface area contributed by atoms with Crippen molar-refractivity contribution in [1.29, 1.82) is 0 Å². The molecule has 0 aliphatic heterocycles. The third kappa shape index (κ3) is 4.95. The van der Waals surface area contributed by atoms with Crippen molar-refractivity contribution in [1.82, 2.24) is 4.72 Å². The zero-order valence-electron chi connectivity index (χ0n) is 27.6. The summed E-state index contributed by atoms with van der Waals surface area (Å²) in [7, 11) is -1.58. The van der Waals surface area contributed by atoms with E-state index in [4.69, 9.17) is 0 Å². The molecular formula is C41H52NOPS. The van der Waals surface area contributed by atoms with Crippen LogP contribution < -0.4 is 10.0 Å². The number of hydrogen-bond donors (Lipinski definition) is 1. The normalized spacial score (nSPS) is 38.5. The van der Waals surface area contributed by atoms with E-state index >= 15 is 0 Å². The van der Waals surface area contributed by atoms with Gasteiger partial charge in [-0.3, -0.25) is 0 Å². The summed E-state index contributed by atoms with van der Waals surface area (Å²) in [5, 5.41) is 5.24. The quantitative estimate of drug-likeness (QED) is 0.257. The highest BCUT2D eigenvalue weighted by atomic mass is 32.2. The number of benzene rings is 3. The molecule has 0 spiro atoms. The van der Waals surface area contributed by atoms with Gasteiger partial charge in [-0.05, 0) is 171 Å². The van der Waals surface area contributed by atoms with Gasteiger partial charge in [-0.2, -0.15) is 0 Å². The lowest BCUT2D eigenvalue weighted by molar-refractivity contribution is 0.0195. The minimum Gasteiger partial charge on any atom is -0.242 e. The lowest BCUT2D eigenvalue weighted by Crippen LogP contribution is -2.58. The third-order valence-electron chi connectivity index (χ3n) is 13.4. The molecule has 0 heterocycles. The first-order chi connectivity index (χ1) is 21.7. The molecule has 8 fully saturated rings. The number of fused-ring (bicyclic) bond motifs is 1. The number of nitrogens with one attached hydrogen (secondary N) is 1. The first-order valence-electron chi connectivity index (χ1n) is 18.2. The van der Waals surface area contributed by atoms with Crippen molar-refractivity contribution in [3.8, 4) is 0 Å². The number of hydrogen-bond acceptors (Lipinski definition) is 1. The van der Waals surface area contributed by atoms with Crippen LogP contribution in [0.4, 0.5) is 0 Å². The van der Waals surface area contributed by atoms with E-state index in [1.54, 1.807) is 5.30 Å². The van der Waals surface area contributed by atoms with Gasteiger partial charge in [0.2, 0.25) is 0 Å². The largest absolute Gasteiger partial charge is 0.242 e. The molecule has 4 heteroatoms. The monoisotopic (exact) mass is 637 g/mol. The highest BCUT2D eigenvalue weighted by molar-refractivity contribution is 7.84. The third-order valence-corrected chi connectivity index (χ3v) is 18.8. The van der Waals surface area contributed by atoms with Crippen LogP contribution in [-0.2, 0) is 11.0 Å². The Labute approximate surface area is 275 Å². The molecule has 11 rings (SSSR count). The van der Waals surface area contributed by atoms with E-state index in [2.05, 4.69) is 92.2 Å². The molecule has 238 valence electrons. The molecule has 0 unspecified atom stereocenters. The minimum atomic E-state index is -1.20. The van der Waals surface area contributed by atoms with Gasteiger partial charge in [0.15, 0.2) is 0 Å². The topological polar surface area (TPSA) is 29.1 Å². The Hall–Kier alpha value is -1.54. The predicted octanol–water partition coefficient (Wildman–Crippen LogP) is 10.0.